The Bertz CT molecular complexity index is 435. The van der Waals surface area contributed by atoms with Crippen LogP contribution in [0.3, 0.4) is 0 Å². The fourth-order valence-corrected chi connectivity index (χ4v) is 1.58. The first-order valence-corrected chi connectivity index (χ1v) is 5.66. The fraction of sp³-hybridized carbons (Fsp3) is 0.200. The van der Waals surface area contributed by atoms with Crippen LogP contribution in [0.1, 0.15) is 5.82 Å². The predicted octanol–water partition coefficient (Wildman–Crippen LogP) is 2.03. The smallest absolute Gasteiger partial charge is 0.151 e. The van der Waals surface area contributed by atoms with Crippen LogP contribution in [0.4, 0.5) is 5.69 Å². The van der Waals surface area contributed by atoms with Crippen molar-refractivity contribution in [3.63, 3.8) is 0 Å². The van der Waals surface area contributed by atoms with Gasteiger partial charge in [-0.15, -0.1) is 10.2 Å². The number of halogens is 1. The summed E-state index contributed by atoms with van der Waals surface area (Å²) in [4.78, 5) is 0. The molecule has 4 nitrogen and oxygen atoms in total. The molecular formula is C10H11IN4. The predicted molar refractivity (Wildman–Crippen MR) is 67.5 cm³/mol. The summed E-state index contributed by atoms with van der Waals surface area (Å²) < 4.78 is 3.14. The van der Waals surface area contributed by atoms with E-state index in [-0.39, 0.29) is 0 Å². The molecule has 1 N–H and O–H groups in total. The van der Waals surface area contributed by atoms with Gasteiger partial charge in [-0.1, -0.05) is 0 Å². The van der Waals surface area contributed by atoms with Crippen LogP contribution in [0.5, 0.6) is 0 Å². The second-order valence-corrected chi connectivity index (χ2v) is 4.46. The Kier molecular flexibility index (Phi) is 3.20. The lowest BCUT2D eigenvalue weighted by Gasteiger charge is -2.05. The van der Waals surface area contributed by atoms with Crippen LogP contribution in [-0.4, -0.2) is 14.8 Å². The molecule has 0 saturated carbocycles. The average Bonchev–Trinajstić information content (AvgIpc) is 2.63. The number of aromatic nitrogens is 3. The number of anilines is 1. The van der Waals surface area contributed by atoms with Gasteiger partial charge in [-0.05, 0) is 46.9 Å². The van der Waals surface area contributed by atoms with Crippen molar-refractivity contribution in [1.82, 2.24) is 14.8 Å². The highest BCUT2D eigenvalue weighted by Crippen LogP contribution is 2.11. The van der Waals surface area contributed by atoms with E-state index in [1.165, 1.54) is 3.57 Å². The van der Waals surface area contributed by atoms with Gasteiger partial charge in [-0.3, -0.25) is 0 Å². The van der Waals surface area contributed by atoms with Crippen molar-refractivity contribution in [3.8, 4) is 0 Å². The van der Waals surface area contributed by atoms with E-state index in [2.05, 4.69) is 62.4 Å². The van der Waals surface area contributed by atoms with Gasteiger partial charge in [0.1, 0.15) is 6.33 Å². The van der Waals surface area contributed by atoms with Gasteiger partial charge in [0.25, 0.3) is 0 Å². The number of rotatable bonds is 3. The summed E-state index contributed by atoms with van der Waals surface area (Å²) in [5, 5.41) is 11.1. The van der Waals surface area contributed by atoms with Crippen molar-refractivity contribution < 1.29 is 0 Å². The Hall–Kier alpha value is -1.11. The number of benzene rings is 1. The SMILES string of the molecule is Cn1cnnc1CNc1ccc(I)cc1. The van der Waals surface area contributed by atoms with Gasteiger partial charge in [0.15, 0.2) is 5.82 Å². The molecule has 1 aromatic carbocycles. The molecule has 1 heterocycles. The zero-order valence-corrected chi connectivity index (χ0v) is 10.5. The van der Waals surface area contributed by atoms with E-state index in [0.717, 1.165) is 11.5 Å². The van der Waals surface area contributed by atoms with E-state index >= 15 is 0 Å². The summed E-state index contributed by atoms with van der Waals surface area (Å²) in [7, 11) is 1.94. The fourth-order valence-electron chi connectivity index (χ4n) is 1.22. The number of hydrogen-bond donors (Lipinski definition) is 1. The quantitative estimate of drug-likeness (QED) is 0.882. The van der Waals surface area contributed by atoms with E-state index in [1.54, 1.807) is 6.33 Å². The second-order valence-electron chi connectivity index (χ2n) is 3.22. The molecule has 78 valence electrons. The molecular weight excluding hydrogens is 303 g/mol. The Morgan fingerprint density at radius 3 is 2.67 bits per heavy atom. The van der Waals surface area contributed by atoms with Crippen LogP contribution in [0.25, 0.3) is 0 Å². The summed E-state index contributed by atoms with van der Waals surface area (Å²) in [6, 6.07) is 8.25. The molecule has 0 aliphatic rings. The van der Waals surface area contributed by atoms with Crippen LogP contribution < -0.4 is 5.32 Å². The lowest BCUT2D eigenvalue weighted by Crippen LogP contribution is -2.05. The van der Waals surface area contributed by atoms with Crippen molar-refractivity contribution in [2.45, 2.75) is 6.54 Å². The molecule has 0 saturated heterocycles. The Morgan fingerprint density at radius 1 is 1.33 bits per heavy atom. The third-order valence-electron chi connectivity index (χ3n) is 2.10. The maximum absolute atomic E-state index is 4.00. The van der Waals surface area contributed by atoms with Crippen LogP contribution in [0.2, 0.25) is 0 Å². The minimum absolute atomic E-state index is 0.692. The second kappa shape index (κ2) is 4.61. The van der Waals surface area contributed by atoms with Gasteiger partial charge in [-0.25, -0.2) is 0 Å². The van der Waals surface area contributed by atoms with Crippen LogP contribution in [0, 0.1) is 3.57 Å². The monoisotopic (exact) mass is 314 g/mol. The van der Waals surface area contributed by atoms with Crippen molar-refractivity contribution in [2.75, 3.05) is 5.32 Å². The minimum atomic E-state index is 0.692. The maximum Gasteiger partial charge on any atom is 0.151 e. The van der Waals surface area contributed by atoms with Crippen molar-refractivity contribution in [3.05, 3.63) is 40.0 Å². The molecule has 0 unspecified atom stereocenters. The summed E-state index contributed by atoms with van der Waals surface area (Å²) in [5.41, 5.74) is 1.10. The van der Waals surface area contributed by atoms with Crippen LogP contribution in [0.15, 0.2) is 30.6 Å². The Labute approximate surface area is 102 Å². The van der Waals surface area contributed by atoms with Crippen molar-refractivity contribution in [1.29, 1.82) is 0 Å². The molecule has 0 spiro atoms. The molecule has 2 aromatic rings. The number of nitrogens with zero attached hydrogens (tertiary/aromatic N) is 3. The van der Waals surface area contributed by atoms with E-state index in [0.29, 0.717) is 6.54 Å². The molecule has 1 aromatic heterocycles. The highest BCUT2D eigenvalue weighted by atomic mass is 127. The summed E-state index contributed by atoms with van der Waals surface area (Å²) in [6.45, 7) is 0.692. The van der Waals surface area contributed by atoms with Gasteiger partial charge in [0.05, 0.1) is 6.54 Å². The summed E-state index contributed by atoms with van der Waals surface area (Å²) in [6.07, 6.45) is 1.70. The van der Waals surface area contributed by atoms with Gasteiger partial charge >= 0.3 is 0 Å². The third-order valence-corrected chi connectivity index (χ3v) is 2.82. The lowest BCUT2D eigenvalue weighted by molar-refractivity contribution is 0.812. The highest BCUT2D eigenvalue weighted by molar-refractivity contribution is 14.1. The minimum Gasteiger partial charge on any atom is -0.378 e. The molecule has 5 heteroatoms. The molecule has 0 atom stereocenters. The standard InChI is InChI=1S/C10H11IN4/c1-15-7-13-14-10(15)6-12-9-4-2-8(11)3-5-9/h2-5,7,12H,6H2,1H3. The van der Waals surface area contributed by atoms with Crippen LogP contribution in [-0.2, 0) is 13.6 Å². The zero-order valence-electron chi connectivity index (χ0n) is 8.31. The first kappa shape index (κ1) is 10.4. The molecule has 0 amide bonds. The number of aryl methyl sites for hydroxylation is 1. The van der Waals surface area contributed by atoms with Gasteiger partial charge < -0.3 is 9.88 Å². The number of nitrogens with one attached hydrogen (secondary N) is 1. The molecule has 15 heavy (non-hydrogen) atoms. The molecule has 0 aliphatic carbocycles. The molecule has 2 rings (SSSR count). The first-order chi connectivity index (χ1) is 7.25. The highest BCUT2D eigenvalue weighted by Gasteiger charge is 1.99. The Balaban J connectivity index is 1.99. The Morgan fingerprint density at radius 2 is 2.07 bits per heavy atom. The van der Waals surface area contributed by atoms with E-state index in [4.69, 9.17) is 0 Å². The van der Waals surface area contributed by atoms with Crippen LogP contribution >= 0.6 is 22.6 Å². The van der Waals surface area contributed by atoms with Gasteiger partial charge in [0.2, 0.25) is 0 Å². The zero-order chi connectivity index (χ0) is 10.7. The normalized spacial score (nSPS) is 10.3. The molecule has 0 bridgehead atoms. The van der Waals surface area contributed by atoms with E-state index in [1.807, 2.05) is 11.6 Å². The van der Waals surface area contributed by atoms with Crippen molar-refractivity contribution >= 4 is 28.3 Å². The first-order valence-electron chi connectivity index (χ1n) is 4.58. The van der Waals surface area contributed by atoms with E-state index in [9.17, 15) is 0 Å². The van der Waals surface area contributed by atoms with Crippen molar-refractivity contribution in [2.24, 2.45) is 7.05 Å². The number of hydrogen-bond acceptors (Lipinski definition) is 3. The molecule has 0 fully saturated rings. The lowest BCUT2D eigenvalue weighted by atomic mass is 10.3. The average molecular weight is 314 g/mol. The maximum atomic E-state index is 4.00. The summed E-state index contributed by atoms with van der Waals surface area (Å²) >= 11 is 2.29. The summed E-state index contributed by atoms with van der Waals surface area (Å²) in [5.74, 6) is 0.925. The largest absolute Gasteiger partial charge is 0.378 e. The third kappa shape index (κ3) is 2.68. The van der Waals surface area contributed by atoms with Gasteiger partial charge in [-0.2, -0.15) is 0 Å². The molecule has 0 aliphatic heterocycles. The topological polar surface area (TPSA) is 42.7 Å². The molecule has 0 radical (unpaired) electrons. The van der Waals surface area contributed by atoms with Gasteiger partial charge in [0, 0.05) is 16.3 Å². The van der Waals surface area contributed by atoms with E-state index < -0.39 is 0 Å².